The second-order valence-corrected chi connectivity index (χ2v) is 5.54. The first-order chi connectivity index (χ1) is 12.0. The molecule has 0 atom stereocenters. The molecule has 0 spiro atoms. The Kier molecular flexibility index (Phi) is 4.71. The molecule has 2 heterocycles. The first-order valence-corrected chi connectivity index (χ1v) is 7.62. The molecule has 0 aliphatic heterocycles. The summed E-state index contributed by atoms with van der Waals surface area (Å²) in [5, 5.41) is 17.9. The summed E-state index contributed by atoms with van der Waals surface area (Å²) in [6.07, 6.45) is 4.39. The number of rotatable bonds is 5. The van der Waals surface area contributed by atoms with Crippen molar-refractivity contribution in [2.45, 2.75) is 6.92 Å². The minimum absolute atomic E-state index is 0.0614. The van der Waals surface area contributed by atoms with Gasteiger partial charge in [-0.2, -0.15) is 0 Å². The topological polar surface area (TPSA) is 106 Å². The lowest BCUT2D eigenvalue weighted by atomic mass is 10.2. The van der Waals surface area contributed by atoms with Gasteiger partial charge in [-0.1, -0.05) is 17.7 Å². The van der Waals surface area contributed by atoms with Crippen molar-refractivity contribution in [1.29, 1.82) is 0 Å². The monoisotopic (exact) mass is 356 g/mol. The molecule has 0 amide bonds. The van der Waals surface area contributed by atoms with Crippen LogP contribution in [-0.4, -0.2) is 19.9 Å². The summed E-state index contributed by atoms with van der Waals surface area (Å²) in [5.74, 6) is 0.125. The number of benzene rings is 1. The number of pyridine rings is 1. The fourth-order valence-electron chi connectivity index (χ4n) is 2.12. The zero-order chi connectivity index (χ0) is 17.8. The maximum absolute atomic E-state index is 11.5. The third kappa shape index (κ3) is 3.81. The summed E-state index contributed by atoms with van der Waals surface area (Å²) >= 11 is 6.10. The lowest BCUT2D eigenvalue weighted by Gasteiger charge is -2.10. The van der Waals surface area contributed by atoms with Crippen molar-refractivity contribution >= 4 is 40.3 Å². The number of nitrogens with one attached hydrogen (secondary N) is 2. The average Bonchev–Trinajstić information content (AvgIpc) is 2.59. The smallest absolute Gasteiger partial charge is 0.334 e. The Hall–Kier alpha value is -3.26. The van der Waals surface area contributed by atoms with Gasteiger partial charge in [0.15, 0.2) is 0 Å². The molecule has 2 N–H and O–H groups in total. The second kappa shape index (κ2) is 7.10. The first kappa shape index (κ1) is 16.6. The molecule has 1 aromatic carbocycles. The minimum Gasteiger partial charge on any atom is -0.334 e. The fraction of sp³-hybridized carbons (Fsp3) is 0.0625. The van der Waals surface area contributed by atoms with Gasteiger partial charge in [-0.15, -0.1) is 0 Å². The van der Waals surface area contributed by atoms with E-state index in [4.69, 9.17) is 11.6 Å². The van der Waals surface area contributed by atoms with Gasteiger partial charge in [0.05, 0.1) is 16.8 Å². The van der Waals surface area contributed by atoms with Gasteiger partial charge in [0.25, 0.3) is 0 Å². The molecule has 126 valence electrons. The van der Waals surface area contributed by atoms with E-state index in [-0.39, 0.29) is 17.3 Å². The molecular formula is C16H13ClN6O2. The summed E-state index contributed by atoms with van der Waals surface area (Å²) in [7, 11) is 0. The van der Waals surface area contributed by atoms with Crippen LogP contribution in [0.4, 0.5) is 28.7 Å². The van der Waals surface area contributed by atoms with E-state index in [9.17, 15) is 10.1 Å². The molecule has 3 aromatic rings. The molecule has 9 heteroatoms. The Bertz CT molecular complexity index is 920. The molecule has 0 unspecified atom stereocenters. The summed E-state index contributed by atoms with van der Waals surface area (Å²) in [6, 6.07) is 8.69. The summed E-state index contributed by atoms with van der Waals surface area (Å²) in [5.41, 5.74) is 1.80. The number of aromatic nitrogens is 3. The number of nitro groups is 1. The molecule has 3 rings (SSSR count). The van der Waals surface area contributed by atoms with Crippen LogP contribution in [0.15, 0.2) is 49.1 Å². The Morgan fingerprint density at radius 2 is 1.84 bits per heavy atom. The summed E-state index contributed by atoms with van der Waals surface area (Å²) < 4.78 is 0. The molecule has 0 aliphatic rings. The quantitative estimate of drug-likeness (QED) is 0.520. The lowest BCUT2D eigenvalue weighted by molar-refractivity contribution is -0.383. The van der Waals surface area contributed by atoms with Crippen LogP contribution in [0.5, 0.6) is 0 Å². The van der Waals surface area contributed by atoms with Crippen LogP contribution in [0.25, 0.3) is 0 Å². The molecule has 8 nitrogen and oxygen atoms in total. The third-order valence-corrected chi connectivity index (χ3v) is 3.77. The van der Waals surface area contributed by atoms with Crippen LogP contribution < -0.4 is 10.6 Å². The zero-order valence-corrected chi connectivity index (χ0v) is 13.9. The van der Waals surface area contributed by atoms with Crippen molar-refractivity contribution < 1.29 is 4.92 Å². The van der Waals surface area contributed by atoms with Crippen LogP contribution in [0.2, 0.25) is 5.02 Å². The molecule has 0 fully saturated rings. The van der Waals surface area contributed by atoms with E-state index in [1.807, 2.05) is 13.0 Å². The van der Waals surface area contributed by atoms with Gasteiger partial charge < -0.3 is 10.6 Å². The molecule has 25 heavy (non-hydrogen) atoms. The predicted molar refractivity (Wildman–Crippen MR) is 95.7 cm³/mol. The number of aryl methyl sites for hydroxylation is 1. The van der Waals surface area contributed by atoms with Gasteiger partial charge in [-0.05, 0) is 36.8 Å². The standard InChI is InChI=1S/C16H13ClN6O2/c1-10-4-5-11(7-13(10)17)21-15-14(23(24)25)16(20-9-19-15)22-12-3-2-6-18-8-12/h2-9H,1H3,(H2,19,20,21,22). The van der Waals surface area contributed by atoms with E-state index in [1.54, 1.807) is 36.7 Å². The van der Waals surface area contributed by atoms with Crippen LogP contribution in [0.1, 0.15) is 5.56 Å². The van der Waals surface area contributed by atoms with Crippen molar-refractivity contribution in [3.63, 3.8) is 0 Å². The fourth-order valence-corrected chi connectivity index (χ4v) is 2.30. The van der Waals surface area contributed by atoms with E-state index < -0.39 is 4.92 Å². The molecule has 0 radical (unpaired) electrons. The average molecular weight is 357 g/mol. The van der Waals surface area contributed by atoms with Crippen molar-refractivity contribution in [1.82, 2.24) is 15.0 Å². The maximum Gasteiger partial charge on any atom is 0.353 e. The molecule has 0 saturated carbocycles. The van der Waals surface area contributed by atoms with Crippen LogP contribution in [-0.2, 0) is 0 Å². The number of hydrogen-bond donors (Lipinski definition) is 2. The highest BCUT2D eigenvalue weighted by molar-refractivity contribution is 6.31. The van der Waals surface area contributed by atoms with Gasteiger partial charge in [0.2, 0.25) is 11.6 Å². The van der Waals surface area contributed by atoms with Crippen molar-refractivity contribution in [3.05, 3.63) is 69.8 Å². The lowest BCUT2D eigenvalue weighted by Crippen LogP contribution is -2.05. The highest BCUT2D eigenvalue weighted by atomic mass is 35.5. The Morgan fingerprint density at radius 1 is 1.12 bits per heavy atom. The largest absolute Gasteiger partial charge is 0.353 e. The van der Waals surface area contributed by atoms with E-state index in [0.29, 0.717) is 16.4 Å². The third-order valence-electron chi connectivity index (χ3n) is 3.36. The van der Waals surface area contributed by atoms with Crippen LogP contribution in [0, 0.1) is 17.0 Å². The Labute approximate surface area is 148 Å². The molecule has 2 aromatic heterocycles. The summed E-state index contributed by atoms with van der Waals surface area (Å²) in [4.78, 5) is 22.9. The highest BCUT2D eigenvalue weighted by Gasteiger charge is 2.23. The van der Waals surface area contributed by atoms with Crippen LogP contribution in [0.3, 0.4) is 0 Å². The molecule has 0 saturated heterocycles. The van der Waals surface area contributed by atoms with Crippen molar-refractivity contribution in [2.75, 3.05) is 10.6 Å². The maximum atomic E-state index is 11.5. The van der Waals surface area contributed by atoms with Crippen molar-refractivity contribution in [2.24, 2.45) is 0 Å². The highest BCUT2D eigenvalue weighted by Crippen LogP contribution is 2.33. The SMILES string of the molecule is Cc1ccc(Nc2ncnc(Nc3cccnc3)c2[N+](=O)[O-])cc1Cl. The van der Waals surface area contributed by atoms with Crippen molar-refractivity contribution in [3.8, 4) is 0 Å². The first-order valence-electron chi connectivity index (χ1n) is 7.24. The van der Waals surface area contributed by atoms with E-state index in [2.05, 4.69) is 25.6 Å². The predicted octanol–water partition coefficient (Wildman–Crippen LogP) is 4.23. The number of hydrogen-bond acceptors (Lipinski definition) is 7. The number of anilines is 4. The minimum atomic E-state index is -0.545. The number of halogens is 1. The number of nitrogens with zero attached hydrogens (tertiary/aromatic N) is 4. The molecular weight excluding hydrogens is 344 g/mol. The van der Waals surface area contributed by atoms with Crippen LogP contribution >= 0.6 is 11.6 Å². The van der Waals surface area contributed by atoms with Gasteiger partial charge in [-0.25, -0.2) is 9.97 Å². The summed E-state index contributed by atoms with van der Waals surface area (Å²) in [6.45, 7) is 1.87. The van der Waals surface area contributed by atoms with E-state index in [0.717, 1.165) is 5.56 Å². The Balaban J connectivity index is 1.97. The van der Waals surface area contributed by atoms with E-state index in [1.165, 1.54) is 6.33 Å². The van der Waals surface area contributed by atoms with Gasteiger partial charge >= 0.3 is 5.69 Å². The molecule has 0 bridgehead atoms. The van der Waals surface area contributed by atoms with Gasteiger partial charge in [0, 0.05) is 16.9 Å². The molecule has 0 aliphatic carbocycles. The normalized spacial score (nSPS) is 10.3. The van der Waals surface area contributed by atoms with E-state index >= 15 is 0 Å². The zero-order valence-electron chi connectivity index (χ0n) is 13.1. The second-order valence-electron chi connectivity index (χ2n) is 5.13. The van der Waals surface area contributed by atoms with Gasteiger partial charge in [0.1, 0.15) is 6.33 Å². The Morgan fingerprint density at radius 3 is 2.44 bits per heavy atom. The van der Waals surface area contributed by atoms with Gasteiger partial charge in [-0.3, -0.25) is 15.1 Å².